The monoisotopic (exact) mass is 651 g/mol. The number of rotatable bonds is 10. The summed E-state index contributed by atoms with van der Waals surface area (Å²) < 4.78 is 19.2. The van der Waals surface area contributed by atoms with Crippen molar-refractivity contribution in [2.24, 2.45) is 4.99 Å². The van der Waals surface area contributed by atoms with Gasteiger partial charge in [-0.25, -0.2) is 9.79 Å². The fraction of sp³-hybridized carbons (Fsp3) is 0.297. The Morgan fingerprint density at radius 2 is 1.64 bits per heavy atom. The van der Waals surface area contributed by atoms with Crippen molar-refractivity contribution in [1.29, 1.82) is 0 Å². The van der Waals surface area contributed by atoms with Crippen LogP contribution in [-0.2, 0) is 14.3 Å². The number of likely N-dealkylation sites (tertiary alicyclic amines) is 1. The molecular weight excluding hydrogens is 614 g/mol. The zero-order valence-electron chi connectivity index (χ0n) is 26.7. The molecule has 0 spiro atoms. The first kappa shape index (κ1) is 32.0. The number of ether oxygens (including phenoxy) is 3. The van der Waals surface area contributed by atoms with Crippen molar-refractivity contribution in [3.05, 3.63) is 121 Å². The molecule has 47 heavy (non-hydrogen) atoms. The third-order valence-corrected chi connectivity index (χ3v) is 8.92. The van der Waals surface area contributed by atoms with Gasteiger partial charge in [-0.15, -0.1) is 0 Å². The number of hydrogen-bond donors (Lipinski definition) is 0. The highest BCUT2D eigenvalue weighted by Crippen LogP contribution is 2.35. The summed E-state index contributed by atoms with van der Waals surface area (Å²) in [5, 5.41) is 0. The molecule has 1 aromatic heterocycles. The van der Waals surface area contributed by atoms with E-state index in [1.54, 1.807) is 29.7 Å². The van der Waals surface area contributed by atoms with Gasteiger partial charge in [0, 0.05) is 18.7 Å². The standard InChI is InChI=1S/C37H37N3O6S/c1-4-44-36(43)32-33(26-10-6-5-7-11-26)38-37-40(34(32)27-14-18-29(19-15-27)46-24(2)3)35(42)30(47-37)22-25-12-16-28(17-13-25)45-23-31(41)39-20-8-9-21-39/h5-7,10-19,22,24,34H,4,8-9,20-21,23H2,1-3H3/b30-22-/t34-/m0/s1. The number of hydrogen-bond acceptors (Lipinski definition) is 8. The highest BCUT2D eigenvalue weighted by molar-refractivity contribution is 7.07. The molecule has 1 atom stereocenters. The summed E-state index contributed by atoms with van der Waals surface area (Å²) in [6.07, 6.45) is 3.86. The van der Waals surface area contributed by atoms with E-state index in [1.165, 1.54) is 11.3 Å². The van der Waals surface area contributed by atoms with E-state index in [0.29, 0.717) is 32.1 Å². The van der Waals surface area contributed by atoms with Crippen LogP contribution in [0.4, 0.5) is 0 Å². The van der Waals surface area contributed by atoms with Crippen LogP contribution in [0.2, 0.25) is 0 Å². The Hall–Kier alpha value is -4.96. The van der Waals surface area contributed by atoms with Gasteiger partial charge in [0.25, 0.3) is 11.5 Å². The van der Waals surface area contributed by atoms with Gasteiger partial charge in [-0.1, -0.05) is 65.9 Å². The number of carbonyl (C=O) groups excluding carboxylic acids is 2. The summed E-state index contributed by atoms with van der Waals surface area (Å²) in [4.78, 5) is 47.4. The van der Waals surface area contributed by atoms with E-state index in [1.807, 2.05) is 85.5 Å². The molecule has 9 nitrogen and oxygen atoms in total. The predicted molar refractivity (Wildman–Crippen MR) is 181 cm³/mol. The Bertz CT molecular complexity index is 1960. The number of fused-ring (bicyclic) bond motifs is 1. The molecule has 0 bridgehead atoms. The van der Waals surface area contributed by atoms with Gasteiger partial charge in [0.15, 0.2) is 11.4 Å². The number of esters is 1. The molecule has 1 saturated heterocycles. The van der Waals surface area contributed by atoms with Crippen molar-refractivity contribution in [2.45, 2.75) is 45.8 Å². The lowest BCUT2D eigenvalue weighted by molar-refractivity contribution is -0.139. The molecule has 0 unspecified atom stereocenters. The Labute approximate surface area is 277 Å². The number of benzene rings is 3. The van der Waals surface area contributed by atoms with E-state index < -0.39 is 12.0 Å². The predicted octanol–water partition coefficient (Wildman–Crippen LogP) is 4.72. The molecule has 0 saturated carbocycles. The van der Waals surface area contributed by atoms with Gasteiger partial charge in [0.1, 0.15) is 11.5 Å². The minimum absolute atomic E-state index is 0.00348. The van der Waals surface area contributed by atoms with Crippen LogP contribution >= 0.6 is 11.3 Å². The number of carbonyl (C=O) groups is 2. The molecule has 0 aliphatic carbocycles. The SMILES string of the molecule is CCOC(=O)C1=C(c2ccccc2)N=c2s/c(=C\c3ccc(OCC(=O)N4CCCC4)cc3)c(=O)n2[C@H]1c1ccc(OC(C)C)cc1. The summed E-state index contributed by atoms with van der Waals surface area (Å²) in [7, 11) is 0. The summed E-state index contributed by atoms with van der Waals surface area (Å²) >= 11 is 1.26. The first-order valence-electron chi connectivity index (χ1n) is 15.9. The van der Waals surface area contributed by atoms with Crippen molar-refractivity contribution in [1.82, 2.24) is 9.47 Å². The lowest BCUT2D eigenvalue weighted by Crippen LogP contribution is -2.40. The molecule has 2 aliphatic heterocycles. The molecule has 1 amide bonds. The smallest absolute Gasteiger partial charge is 0.338 e. The highest BCUT2D eigenvalue weighted by Gasteiger charge is 2.35. The van der Waals surface area contributed by atoms with Crippen molar-refractivity contribution in [2.75, 3.05) is 26.3 Å². The van der Waals surface area contributed by atoms with E-state index in [9.17, 15) is 14.4 Å². The second kappa shape index (κ2) is 14.2. The van der Waals surface area contributed by atoms with E-state index in [-0.39, 0.29) is 30.8 Å². The average Bonchev–Trinajstić information content (AvgIpc) is 3.73. The Kier molecular flexibility index (Phi) is 9.68. The van der Waals surface area contributed by atoms with Crippen LogP contribution in [0.25, 0.3) is 11.8 Å². The molecule has 0 N–H and O–H groups in total. The fourth-order valence-corrected chi connectivity index (χ4v) is 6.77. The minimum Gasteiger partial charge on any atom is -0.491 e. The Morgan fingerprint density at radius 3 is 2.30 bits per heavy atom. The normalized spacial score (nSPS) is 16.2. The molecule has 4 aromatic rings. The van der Waals surface area contributed by atoms with Crippen molar-refractivity contribution in [3.63, 3.8) is 0 Å². The van der Waals surface area contributed by atoms with E-state index in [0.717, 1.165) is 42.6 Å². The van der Waals surface area contributed by atoms with Gasteiger partial charge < -0.3 is 19.1 Å². The van der Waals surface area contributed by atoms with Gasteiger partial charge in [0.2, 0.25) is 0 Å². The summed E-state index contributed by atoms with van der Waals surface area (Å²) in [6.45, 7) is 7.40. The molecule has 6 rings (SSSR count). The first-order valence-corrected chi connectivity index (χ1v) is 16.7. The van der Waals surface area contributed by atoms with Gasteiger partial charge in [-0.2, -0.15) is 0 Å². The summed E-state index contributed by atoms with van der Waals surface area (Å²) in [6, 6.07) is 23.4. The average molecular weight is 652 g/mol. The molecule has 242 valence electrons. The lowest BCUT2D eigenvalue weighted by atomic mass is 9.93. The second-order valence-electron chi connectivity index (χ2n) is 11.6. The van der Waals surface area contributed by atoms with Gasteiger partial charge in [-0.05, 0) is 75.1 Å². The van der Waals surface area contributed by atoms with Gasteiger partial charge >= 0.3 is 5.97 Å². The number of thiazole rings is 1. The van der Waals surface area contributed by atoms with Crippen LogP contribution in [0.5, 0.6) is 11.5 Å². The molecule has 2 aliphatic rings. The maximum absolute atomic E-state index is 14.2. The minimum atomic E-state index is -0.778. The van der Waals surface area contributed by atoms with Crippen LogP contribution < -0.4 is 24.4 Å². The van der Waals surface area contributed by atoms with Gasteiger partial charge in [0.05, 0.1) is 34.6 Å². The Balaban J connectivity index is 1.41. The maximum atomic E-state index is 14.2. The summed E-state index contributed by atoms with van der Waals surface area (Å²) in [5.41, 5.74) is 2.75. The fourth-order valence-electron chi connectivity index (χ4n) is 5.77. The van der Waals surface area contributed by atoms with Crippen LogP contribution in [0, 0.1) is 0 Å². The topological polar surface area (TPSA) is 99.4 Å². The molecular formula is C37H37N3O6S. The van der Waals surface area contributed by atoms with Crippen molar-refractivity contribution >= 4 is 35.0 Å². The van der Waals surface area contributed by atoms with Crippen LogP contribution in [0.1, 0.15) is 56.3 Å². The largest absolute Gasteiger partial charge is 0.491 e. The molecule has 1 fully saturated rings. The number of amides is 1. The lowest BCUT2D eigenvalue weighted by Gasteiger charge is -2.26. The van der Waals surface area contributed by atoms with E-state index >= 15 is 0 Å². The first-order chi connectivity index (χ1) is 22.8. The highest BCUT2D eigenvalue weighted by atomic mass is 32.1. The maximum Gasteiger partial charge on any atom is 0.338 e. The Morgan fingerprint density at radius 1 is 0.957 bits per heavy atom. The number of nitrogens with zero attached hydrogens (tertiary/aromatic N) is 3. The van der Waals surface area contributed by atoms with Crippen molar-refractivity contribution < 1.29 is 23.8 Å². The van der Waals surface area contributed by atoms with Crippen LogP contribution in [-0.4, -0.2) is 53.8 Å². The second-order valence-corrected chi connectivity index (χ2v) is 12.6. The molecule has 3 heterocycles. The van der Waals surface area contributed by atoms with Crippen molar-refractivity contribution in [3.8, 4) is 11.5 Å². The van der Waals surface area contributed by atoms with E-state index in [4.69, 9.17) is 19.2 Å². The third-order valence-electron chi connectivity index (χ3n) is 7.94. The van der Waals surface area contributed by atoms with E-state index in [2.05, 4.69) is 0 Å². The van der Waals surface area contributed by atoms with Gasteiger partial charge in [-0.3, -0.25) is 14.2 Å². The van der Waals surface area contributed by atoms with Crippen LogP contribution in [0.3, 0.4) is 0 Å². The number of aromatic nitrogens is 1. The zero-order chi connectivity index (χ0) is 32.9. The molecule has 10 heteroatoms. The van der Waals surface area contributed by atoms with Crippen LogP contribution in [0.15, 0.2) is 94.2 Å². The molecule has 0 radical (unpaired) electrons. The third kappa shape index (κ3) is 7.07. The summed E-state index contributed by atoms with van der Waals surface area (Å²) in [5.74, 6) is 0.721. The zero-order valence-corrected chi connectivity index (χ0v) is 27.5. The molecule has 3 aromatic carbocycles. The quantitative estimate of drug-likeness (QED) is 0.230.